The van der Waals surface area contributed by atoms with E-state index in [4.69, 9.17) is 0 Å². The van der Waals surface area contributed by atoms with E-state index in [-0.39, 0.29) is 72.1 Å². The Morgan fingerprint density at radius 1 is 0.273 bits per heavy atom. The molecule has 0 fully saturated rings. The molecule has 0 unspecified atom stereocenters. The minimum atomic E-state index is 0. The van der Waals surface area contributed by atoms with Crippen molar-refractivity contribution in [3.05, 3.63) is 0 Å². The summed E-state index contributed by atoms with van der Waals surface area (Å²) in [7, 11) is 0. The predicted molar refractivity (Wildman–Crippen MR) is 36.9 cm³/mol. The van der Waals surface area contributed by atoms with Crippen molar-refractivity contribution in [3.63, 3.8) is 0 Å². The Bertz CT molecular complexity index is 4.83. The largest absolute Gasteiger partial charge is 3.00 e. The van der Waals surface area contributed by atoms with Crippen LogP contribution in [0.15, 0.2) is 0 Å². The fourth-order valence-corrected chi connectivity index (χ4v) is 0. The molecule has 11 heavy (non-hydrogen) atoms. The van der Waals surface area contributed by atoms with Gasteiger partial charge in [-0.1, -0.05) is 0 Å². The zero-order chi connectivity index (χ0) is 0. The molecule has 11 heteroatoms. The second-order valence-corrected chi connectivity index (χ2v) is 0. The van der Waals surface area contributed by atoms with Crippen molar-refractivity contribution >= 4 is 17.4 Å². The third kappa shape index (κ3) is 38200. The normalized spacial score (nSPS) is 0. The Labute approximate surface area is 73.0 Å². The summed E-state index contributed by atoms with van der Waals surface area (Å²) >= 11 is 0. The number of rotatable bonds is 0. The SMILES string of the molecule is O.O.O.O.O.O.O.[Al+3].[OH-].[OH-].[OH-]. The van der Waals surface area contributed by atoms with Crippen LogP contribution in [0.25, 0.3) is 0 Å². The van der Waals surface area contributed by atoms with Crippen LogP contribution in [0, 0.1) is 0 Å². The number of hydrogen-bond donors (Lipinski definition) is 0. The van der Waals surface area contributed by atoms with Crippen molar-refractivity contribution in [3.8, 4) is 0 Å². The molecule has 0 aliphatic carbocycles. The maximum Gasteiger partial charge on any atom is 3.00 e. The molecule has 0 aromatic heterocycles. The van der Waals surface area contributed by atoms with Gasteiger partial charge in [0.1, 0.15) is 0 Å². The van der Waals surface area contributed by atoms with E-state index in [0.29, 0.717) is 0 Å². The topological polar surface area (TPSA) is 310 Å². The molecule has 0 aromatic rings. The van der Waals surface area contributed by atoms with E-state index in [1.54, 1.807) is 0 Å². The summed E-state index contributed by atoms with van der Waals surface area (Å²) in [5.74, 6) is 0. The second-order valence-electron chi connectivity index (χ2n) is 0. The number of hydrogen-bond acceptors (Lipinski definition) is 3. The molecule has 10 nitrogen and oxygen atoms in total. The van der Waals surface area contributed by atoms with Gasteiger partial charge in [0.05, 0.1) is 0 Å². The van der Waals surface area contributed by atoms with Crippen molar-refractivity contribution in [2.75, 3.05) is 0 Å². The van der Waals surface area contributed by atoms with Crippen LogP contribution < -0.4 is 0 Å². The van der Waals surface area contributed by atoms with Crippen molar-refractivity contribution in [2.45, 2.75) is 0 Å². The third-order valence-electron chi connectivity index (χ3n) is 0. The van der Waals surface area contributed by atoms with Crippen LogP contribution in [0.3, 0.4) is 0 Å². The van der Waals surface area contributed by atoms with E-state index in [2.05, 4.69) is 0 Å². The average molecular weight is 204 g/mol. The molecule has 0 aliphatic rings. The van der Waals surface area contributed by atoms with Crippen molar-refractivity contribution in [2.24, 2.45) is 0 Å². The molecule has 80 valence electrons. The summed E-state index contributed by atoms with van der Waals surface area (Å²) < 4.78 is 0. The van der Waals surface area contributed by atoms with Crippen LogP contribution in [0.1, 0.15) is 0 Å². The zero-order valence-electron chi connectivity index (χ0n) is 5.42. The summed E-state index contributed by atoms with van der Waals surface area (Å²) in [6.45, 7) is 0. The molecule has 0 amide bonds. The molecular weight excluding hydrogens is 187 g/mol. The van der Waals surface area contributed by atoms with Crippen molar-refractivity contribution in [1.82, 2.24) is 0 Å². The van der Waals surface area contributed by atoms with Gasteiger partial charge in [-0.05, 0) is 0 Å². The molecule has 0 aromatic carbocycles. The molecular formula is H17AlO10. The van der Waals surface area contributed by atoms with Gasteiger partial charge in [0.15, 0.2) is 0 Å². The maximum atomic E-state index is 0. The zero-order valence-corrected chi connectivity index (χ0v) is 6.57. The Balaban J connectivity index is 0. The molecule has 0 radical (unpaired) electrons. The Kier molecular flexibility index (Phi) is 285000000. The van der Waals surface area contributed by atoms with Crippen LogP contribution in [0.5, 0.6) is 0 Å². The van der Waals surface area contributed by atoms with Crippen LogP contribution in [-0.2, 0) is 0 Å². The van der Waals surface area contributed by atoms with Gasteiger partial charge >= 0.3 is 17.4 Å². The molecule has 0 saturated carbocycles. The Hall–Kier alpha value is 0.132. The molecule has 0 aliphatic heterocycles. The first-order valence-corrected chi connectivity index (χ1v) is 0. The Morgan fingerprint density at radius 3 is 0.273 bits per heavy atom. The fourth-order valence-electron chi connectivity index (χ4n) is 0. The quantitative estimate of drug-likeness (QED) is 0.347. The minimum absolute atomic E-state index is 0. The van der Waals surface area contributed by atoms with E-state index in [1.807, 2.05) is 0 Å². The molecule has 0 rings (SSSR count). The molecule has 0 bridgehead atoms. The van der Waals surface area contributed by atoms with Gasteiger partial charge in [0.25, 0.3) is 0 Å². The van der Waals surface area contributed by atoms with E-state index < -0.39 is 0 Å². The third-order valence-corrected chi connectivity index (χ3v) is 0. The smallest absolute Gasteiger partial charge is 0.870 e. The molecule has 0 saturated heterocycles. The standard InChI is InChI=1S/Al.10H2O/h;10*1H2/q+3;;;;;;;;;;/p-3. The van der Waals surface area contributed by atoms with Crippen LogP contribution in [0.2, 0.25) is 0 Å². The summed E-state index contributed by atoms with van der Waals surface area (Å²) in [5.41, 5.74) is 0. The molecule has 17 N–H and O–H groups in total. The summed E-state index contributed by atoms with van der Waals surface area (Å²) in [5, 5.41) is 0. The van der Waals surface area contributed by atoms with E-state index in [0.717, 1.165) is 0 Å². The van der Waals surface area contributed by atoms with Crippen LogP contribution in [0.4, 0.5) is 0 Å². The van der Waals surface area contributed by atoms with Crippen LogP contribution >= 0.6 is 0 Å². The molecule has 0 heterocycles. The summed E-state index contributed by atoms with van der Waals surface area (Å²) in [6.07, 6.45) is 0. The van der Waals surface area contributed by atoms with Gasteiger partial charge in [0, 0.05) is 0 Å². The maximum absolute atomic E-state index is 0. The van der Waals surface area contributed by atoms with Gasteiger partial charge in [-0.25, -0.2) is 0 Å². The van der Waals surface area contributed by atoms with Gasteiger partial charge in [0.2, 0.25) is 0 Å². The van der Waals surface area contributed by atoms with Crippen LogP contribution in [-0.4, -0.2) is 72.1 Å². The van der Waals surface area contributed by atoms with E-state index in [9.17, 15) is 0 Å². The van der Waals surface area contributed by atoms with Gasteiger partial charge < -0.3 is 54.8 Å². The van der Waals surface area contributed by atoms with E-state index in [1.165, 1.54) is 0 Å². The van der Waals surface area contributed by atoms with E-state index >= 15 is 0 Å². The van der Waals surface area contributed by atoms with Gasteiger partial charge in [-0.3, -0.25) is 0 Å². The molecule has 0 spiro atoms. The Morgan fingerprint density at radius 2 is 0.273 bits per heavy atom. The first-order valence-electron chi connectivity index (χ1n) is 0. The average Bonchev–Trinajstić information content (AvgIpc) is 0. The van der Waals surface area contributed by atoms with Gasteiger partial charge in [-0.2, -0.15) is 0 Å². The molecule has 0 atom stereocenters. The predicted octanol–water partition coefficient (Wildman–Crippen LogP) is -6.68. The summed E-state index contributed by atoms with van der Waals surface area (Å²) in [6, 6.07) is 0. The summed E-state index contributed by atoms with van der Waals surface area (Å²) in [4.78, 5) is 0. The van der Waals surface area contributed by atoms with Crippen molar-refractivity contribution in [1.29, 1.82) is 0 Å². The fraction of sp³-hybridized carbons (Fsp3) is 0. The monoisotopic (exact) mass is 204 g/mol. The minimum Gasteiger partial charge on any atom is -0.870 e. The first-order chi connectivity index (χ1) is 0. The first kappa shape index (κ1) is 65100. The van der Waals surface area contributed by atoms with Crippen molar-refractivity contribution < 1.29 is 54.8 Å². The van der Waals surface area contributed by atoms with Gasteiger partial charge in [-0.15, -0.1) is 0 Å². The second kappa shape index (κ2) is 48200.